The number of carbonyl (C=O) groups excluding carboxylic acids is 1. The van der Waals surface area contributed by atoms with Crippen LogP contribution in [0.4, 0.5) is 0 Å². The van der Waals surface area contributed by atoms with Crippen LogP contribution in [0, 0.1) is 0 Å². The average Bonchev–Trinajstić information content (AvgIpc) is 2.43. The van der Waals surface area contributed by atoms with Gasteiger partial charge in [0.1, 0.15) is 6.61 Å². The lowest BCUT2D eigenvalue weighted by molar-refractivity contribution is -0.133. The molecule has 19 heavy (non-hydrogen) atoms. The fourth-order valence-corrected chi connectivity index (χ4v) is 2.06. The number of carbonyl (C=O) groups is 1. The van der Waals surface area contributed by atoms with E-state index in [4.69, 9.17) is 15.2 Å². The monoisotopic (exact) mass is 264 g/mol. The minimum absolute atomic E-state index is 0.0649. The number of ether oxygens (including phenoxy) is 2. The van der Waals surface area contributed by atoms with Crippen LogP contribution in [-0.4, -0.2) is 42.6 Å². The molecule has 2 N–H and O–H groups in total. The second-order valence-electron chi connectivity index (χ2n) is 4.66. The van der Waals surface area contributed by atoms with Crippen LogP contribution in [0.25, 0.3) is 0 Å². The Bertz CT molecular complexity index is 448. The van der Waals surface area contributed by atoms with Gasteiger partial charge in [0.2, 0.25) is 5.91 Å². The van der Waals surface area contributed by atoms with E-state index in [1.807, 2.05) is 31.2 Å². The zero-order valence-electron chi connectivity index (χ0n) is 11.3. The first-order valence-electron chi connectivity index (χ1n) is 6.54. The van der Waals surface area contributed by atoms with Gasteiger partial charge >= 0.3 is 0 Å². The van der Waals surface area contributed by atoms with Gasteiger partial charge in [-0.3, -0.25) is 4.79 Å². The number of nitrogens with two attached hydrogens (primary N) is 1. The Morgan fingerprint density at radius 3 is 2.79 bits per heavy atom. The summed E-state index contributed by atoms with van der Waals surface area (Å²) in [6, 6.07) is 7.05. The lowest BCUT2D eigenvalue weighted by atomic mass is 10.2. The number of hydrogen-bond acceptors (Lipinski definition) is 4. The molecule has 5 nitrogen and oxygen atoms in total. The van der Waals surface area contributed by atoms with E-state index < -0.39 is 6.04 Å². The summed E-state index contributed by atoms with van der Waals surface area (Å²) in [5, 5.41) is 0. The molecule has 5 heteroatoms. The Morgan fingerprint density at radius 1 is 1.47 bits per heavy atom. The molecule has 0 bridgehead atoms. The Hall–Kier alpha value is -1.75. The van der Waals surface area contributed by atoms with Crippen molar-refractivity contribution in [3.63, 3.8) is 0 Å². The number of fused-ring (bicyclic) bond motifs is 1. The van der Waals surface area contributed by atoms with E-state index in [1.165, 1.54) is 0 Å². The Labute approximate surface area is 113 Å². The summed E-state index contributed by atoms with van der Waals surface area (Å²) >= 11 is 0. The predicted octanol–water partition coefficient (Wildman–Crippen LogP) is 1.02. The van der Waals surface area contributed by atoms with Crippen LogP contribution in [0.3, 0.4) is 0 Å². The van der Waals surface area contributed by atoms with Crippen molar-refractivity contribution in [1.82, 2.24) is 4.90 Å². The molecule has 2 unspecified atom stereocenters. The first-order chi connectivity index (χ1) is 9.11. The largest absolute Gasteiger partial charge is 0.486 e. The predicted molar refractivity (Wildman–Crippen MR) is 72.3 cm³/mol. The molecule has 0 radical (unpaired) electrons. The molecule has 2 rings (SSSR count). The molecule has 0 aliphatic carbocycles. The zero-order chi connectivity index (χ0) is 13.8. The molecule has 1 aromatic rings. The number of likely N-dealkylation sites (N-methyl/N-ethyl adjacent to an activating group) is 1. The first-order valence-corrected chi connectivity index (χ1v) is 6.54. The number of nitrogens with zero attached hydrogens (tertiary/aromatic N) is 1. The van der Waals surface area contributed by atoms with Crippen molar-refractivity contribution in [1.29, 1.82) is 0 Å². The smallest absolute Gasteiger partial charge is 0.239 e. The van der Waals surface area contributed by atoms with Gasteiger partial charge in [-0.25, -0.2) is 0 Å². The summed E-state index contributed by atoms with van der Waals surface area (Å²) in [5.74, 6) is 1.41. The van der Waals surface area contributed by atoms with Crippen molar-refractivity contribution in [2.45, 2.75) is 26.0 Å². The van der Waals surface area contributed by atoms with Crippen molar-refractivity contribution in [3.05, 3.63) is 24.3 Å². The van der Waals surface area contributed by atoms with Crippen molar-refractivity contribution < 1.29 is 14.3 Å². The minimum Gasteiger partial charge on any atom is -0.486 e. The summed E-state index contributed by atoms with van der Waals surface area (Å²) in [6.45, 7) is 5.17. The molecular weight excluding hydrogens is 244 g/mol. The molecule has 1 amide bonds. The van der Waals surface area contributed by atoms with E-state index in [9.17, 15) is 4.79 Å². The summed E-state index contributed by atoms with van der Waals surface area (Å²) in [5.41, 5.74) is 5.63. The van der Waals surface area contributed by atoms with Crippen LogP contribution >= 0.6 is 0 Å². The van der Waals surface area contributed by atoms with Crippen LogP contribution in [0.1, 0.15) is 13.8 Å². The second kappa shape index (κ2) is 5.93. The van der Waals surface area contributed by atoms with Gasteiger partial charge in [0.05, 0.1) is 12.6 Å². The molecule has 1 aromatic carbocycles. The summed E-state index contributed by atoms with van der Waals surface area (Å²) in [4.78, 5) is 13.6. The van der Waals surface area contributed by atoms with E-state index in [0.717, 1.165) is 11.5 Å². The third-order valence-electron chi connectivity index (χ3n) is 3.07. The summed E-state index contributed by atoms with van der Waals surface area (Å²) in [7, 11) is 0. The molecule has 104 valence electrons. The van der Waals surface area contributed by atoms with Gasteiger partial charge in [0.15, 0.2) is 17.6 Å². The molecule has 1 heterocycles. The molecule has 2 atom stereocenters. The van der Waals surface area contributed by atoms with Crippen molar-refractivity contribution in [2.75, 3.05) is 19.7 Å². The number of benzene rings is 1. The van der Waals surface area contributed by atoms with Gasteiger partial charge in [-0.15, -0.1) is 0 Å². The fourth-order valence-electron chi connectivity index (χ4n) is 2.06. The Kier molecular flexibility index (Phi) is 4.27. The van der Waals surface area contributed by atoms with E-state index in [0.29, 0.717) is 19.7 Å². The molecule has 0 spiro atoms. The molecular formula is C14H20N2O3. The van der Waals surface area contributed by atoms with Gasteiger partial charge in [-0.1, -0.05) is 12.1 Å². The third-order valence-corrected chi connectivity index (χ3v) is 3.07. The summed E-state index contributed by atoms with van der Waals surface area (Å²) in [6.07, 6.45) is -0.155. The standard InChI is InChI=1S/C14H20N2O3/c1-3-16(14(17)10(2)15)8-11-9-18-12-6-4-5-7-13(12)19-11/h4-7,10-11H,3,8-9,15H2,1-2H3. The highest BCUT2D eigenvalue weighted by Gasteiger charge is 2.25. The maximum atomic E-state index is 11.9. The van der Waals surface area contributed by atoms with Crippen LogP contribution in [-0.2, 0) is 4.79 Å². The molecule has 1 aliphatic heterocycles. The second-order valence-corrected chi connectivity index (χ2v) is 4.66. The zero-order valence-corrected chi connectivity index (χ0v) is 11.3. The van der Waals surface area contributed by atoms with Crippen LogP contribution in [0.15, 0.2) is 24.3 Å². The van der Waals surface area contributed by atoms with Gasteiger partial charge in [0, 0.05) is 6.54 Å². The van der Waals surface area contributed by atoms with Crippen LogP contribution < -0.4 is 15.2 Å². The van der Waals surface area contributed by atoms with Crippen molar-refractivity contribution >= 4 is 5.91 Å². The summed E-state index contributed by atoms with van der Waals surface area (Å²) < 4.78 is 11.5. The first kappa shape index (κ1) is 13.7. The SMILES string of the molecule is CCN(CC1COc2ccccc2O1)C(=O)C(C)N. The van der Waals surface area contributed by atoms with E-state index in [-0.39, 0.29) is 12.0 Å². The molecule has 0 fully saturated rings. The average molecular weight is 264 g/mol. The fraction of sp³-hybridized carbons (Fsp3) is 0.500. The molecule has 0 aromatic heterocycles. The van der Waals surface area contributed by atoms with Gasteiger partial charge in [-0.05, 0) is 26.0 Å². The molecule has 0 saturated heterocycles. The maximum absolute atomic E-state index is 11.9. The number of hydrogen-bond donors (Lipinski definition) is 1. The number of rotatable bonds is 4. The maximum Gasteiger partial charge on any atom is 0.239 e. The van der Waals surface area contributed by atoms with E-state index in [2.05, 4.69) is 0 Å². The minimum atomic E-state index is -0.489. The Morgan fingerprint density at radius 2 is 2.16 bits per heavy atom. The topological polar surface area (TPSA) is 64.8 Å². The lowest BCUT2D eigenvalue weighted by Gasteiger charge is -2.31. The van der Waals surface area contributed by atoms with Gasteiger partial charge in [0.25, 0.3) is 0 Å². The normalized spacial score (nSPS) is 18.8. The Balaban J connectivity index is 1.99. The number of para-hydroxylation sites is 2. The highest BCUT2D eigenvalue weighted by Crippen LogP contribution is 2.30. The third kappa shape index (κ3) is 3.17. The van der Waals surface area contributed by atoms with Gasteiger partial charge in [-0.2, -0.15) is 0 Å². The lowest BCUT2D eigenvalue weighted by Crippen LogP contribution is -2.48. The van der Waals surface area contributed by atoms with Crippen LogP contribution in [0.5, 0.6) is 11.5 Å². The highest BCUT2D eigenvalue weighted by atomic mass is 16.6. The molecule has 1 aliphatic rings. The quantitative estimate of drug-likeness (QED) is 0.882. The van der Waals surface area contributed by atoms with Crippen molar-refractivity contribution in [3.8, 4) is 11.5 Å². The van der Waals surface area contributed by atoms with Crippen molar-refractivity contribution in [2.24, 2.45) is 5.73 Å². The van der Waals surface area contributed by atoms with E-state index in [1.54, 1.807) is 11.8 Å². The highest BCUT2D eigenvalue weighted by molar-refractivity contribution is 5.81. The number of amides is 1. The molecule has 0 saturated carbocycles. The van der Waals surface area contributed by atoms with Gasteiger partial charge < -0.3 is 20.1 Å². The van der Waals surface area contributed by atoms with E-state index >= 15 is 0 Å². The van der Waals surface area contributed by atoms with Crippen LogP contribution in [0.2, 0.25) is 0 Å².